The Balaban J connectivity index is 0.000000203. The molecule has 0 aromatic rings. The van der Waals surface area contributed by atoms with E-state index in [1.165, 1.54) is 51.9 Å². The number of rotatable bonds is 2. The highest BCUT2D eigenvalue weighted by Gasteiger charge is 2.38. The van der Waals surface area contributed by atoms with E-state index in [0.29, 0.717) is 0 Å². The number of alkyl halides is 3. The van der Waals surface area contributed by atoms with Crippen LogP contribution in [0.2, 0.25) is 0 Å². The van der Waals surface area contributed by atoms with Crippen molar-refractivity contribution >= 4 is 5.97 Å². The Morgan fingerprint density at radius 1 is 1.28 bits per heavy atom. The molecule has 0 amide bonds. The summed E-state index contributed by atoms with van der Waals surface area (Å²) in [5.41, 5.74) is 0. The van der Waals surface area contributed by atoms with Crippen LogP contribution in [0.25, 0.3) is 0 Å². The molecule has 0 saturated carbocycles. The van der Waals surface area contributed by atoms with Crippen LogP contribution in [0, 0.1) is 0 Å². The molecule has 2 saturated heterocycles. The van der Waals surface area contributed by atoms with Crippen LogP contribution >= 0.6 is 0 Å². The molecule has 7 heteroatoms. The van der Waals surface area contributed by atoms with Crippen molar-refractivity contribution in [2.45, 2.75) is 37.9 Å². The van der Waals surface area contributed by atoms with Gasteiger partial charge in [-0.25, -0.2) is 4.79 Å². The Hall–Kier alpha value is -0.820. The summed E-state index contributed by atoms with van der Waals surface area (Å²) < 4.78 is 31.7. The van der Waals surface area contributed by atoms with Crippen molar-refractivity contribution < 1.29 is 23.1 Å². The predicted octanol–water partition coefficient (Wildman–Crippen LogP) is 1.47. The van der Waals surface area contributed by atoms with E-state index >= 15 is 0 Å². The Labute approximate surface area is 104 Å². The molecule has 0 bridgehead atoms. The van der Waals surface area contributed by atoms with Crippen molar-refractivity contribution in [2.75, 3.05) is 26.2 Å². The molecule has 1 atom stereocenters. The summed E-state index contributed by atoms with van der Waals surface area (Å²) in [5, 5.41) is 10.7. The first-order valence-corrected chi connectivity index (χ1v) is 6.15. The van der Waals surface area contributed by atoms with Gasteiger partial charge >= 0.3 is 12.1 Å². The number of likely N-dealkylation sites (tertiary alicyclic amines) is 1. The lowest BCUT2D eigenvalue weighted by atomic mass is 10.2. The van der Waals surface area contributed by atoms with E-state index in [1.54, 1.807) is 0 Å². The molecule has 2 N–H and O–H groups in total. The molecule has 0 spiro atoms. The average Bonchev–Trinajstić information content (AvgIpc) is 2.90. The number of aliphatic carboxylic acids is 1. The van der Waals surface area contributed by atoms with Gasteiger partial charge in [-0.15, -0.1) is 0 Å². The number of carboxylic acid groups (broad SMARTS) is 1. The number of hydrogen-bond donors (Lipinski definition) is 2. The highest BCUT2D eigenvalue weighted by atomic mass is 19.4. The minimum Gasteiger partial charge on any atom is -0.475 e. The second-order valence-corrected chi connectivity index (χ2v) is 4.60. The molecule has 0 aromatic heterocycles. The largest absolute Gasteiger partial charge is 0.490 e. The summed E-state index contributed by atoms with van der Waals surface area (Å²) in [6.07, 6.45) is 0.550. The summed E-state index contributed by atoms with van der Waals surface area (Å²) in [6, 6.07) is 0.813. The van der Waals surface area contributed by atoms with Gasteiger partial charge in [0.2, 0.25) is 0 Å². The average molecular weight is 268 g/mol. The fourth-order valence-corrected chi connectivity index (χ4v) is 2.19. The Bertz CT molecular complexity index is 246. The molecule has 0 radical (unpaired) electrons. The lowest BCUT2D eigenvalue weighted by Crippen LogP contribution is -2.35. The SMILES string of the molecule is C1CNC(CN2CCCC2)C1.O=C(O)C(F)(F)F. The molecule has 2 heterocycles. The van der Waals surface area contributed by atoms with Crippen molar-refractivity contribution in [2.24, 2.45) is 0 Å². The Morgan fingerprint density at radius 3 is 2.22 bits per heavy atom. The normalized spacial score (nSPS) is 24.7. The molecule has 2 fully saturated rings. The van der Waals surface area contributed by atoms with Crippen LogP contribution in [0.4, 0.5) is 13.2 Å². The maximum atomic E-state index is 10.6. The topological polar surface area (TPSA) is 52.6 Å². The van der Waals surface area contributed by atoms with E-state index in [0.717, 1.165) is 6.04 Å². The van der Waals surface area contributed by atoms with Crippen LogP contribution in [0.3, 0.4) is 0 Å². The van der Waals surface area contributed by atoms with Gasteiger partial charge in [0.05, 0.1) is 0 Å². The van der Waals surface area contributed by atoms with E-state index in [9.17, 15) is 13.2 Å². The molecule has 106 valence electrons. The lowest BCUT2D eigenvalue weighted by Gasteiger charge is -2.19. The molecule has 0 aromatic carbocycles. The first-order chi connectivity index (χ1) is 8.39. The van der Waals surface area contributed by atoms with Gasteiger partial charge in [-0.2, -0.15) is 13.2 Å². The van der Waals surface area contributed by atoms with Crippen LogP contribution in [0.15, 0.2) is 0 Å². The zero-order valence-electron chi connectivity index (χ0n) is 10.2. The quantitative estimate of drug-likeness (QED) is 0.796. The number of carbonyl (C=O) groups is 1. The maximum Gasteiger partial charge on any atom is 0.490 e. The summed E-state index contributed by atoms with van der Waals surface area (Å²) in [5.74, 6) is -2.76. The van der Waals surface area contributed by atoms with Gasteiger partial charge in [-0.3, -0.25) is 0 Å². The zero-order chi connectivity index (χ0) is 13.6. The first kappa shape index (κ1) is 15.2. The number of carboxylic acids is 1. The smallest absolute Gasteiger partial charge is 0.475 e. The van der Waals surface area contributed by atoms with Crippen molar-refractivity contribution in [1.29, 1.82) is 0 Å². The van der Waals surface area contributed by atoms with Crippen molar-refractivity contribution in [3.63, 3.8) is 0 Å². The standard InChI is InChI=1S/C9H18N2.C2HF3O2/c1-2-7-11(6-1)8-9-4-3-5-10-9;3-2(4,5)1(6)7/h9-10H,1-8H2;(H,6,7). The molecule has 2 aliphatic heterocycles. The van der Waals surface area contributed by atoms with E-state index < -0.39 is 12.1 Å². The summed E-state index contributed by atoms with van der Waals surface area (Å²) in [7, 11) is 0. The predicted molar refractivity (Wildman–Crippen MR) is 60.4 cm³/mol. The third-order valence-electron chi connectivity index (χ3n) is 3.08. The van der Waals surface area contributed by atoms with Crippen molar-refractivity contribution in [1.82, 2.24) is 10.2 Å². The number of nitrogens with one attached hydrogen (secondary N) is 1. The van der Waals surface area contributed by atoms with Gasteiger partial charge in [0, 0.05) is 12.6 Å². The summed E-state index contributed by atoms with van der Waals surface area (Å²) in [4.78, 5) is 11.5. The fraction of sp³-hybridized carbons (Fsp3) is 0.909. The van der Waals surface area contributed by atoms with Gasteiger partial charge < -0.3 is 15.3 Å². The van der Waals surface area contributed by atoms with Crippen molar-refractivity contribution in [3.05, 3.63) is 0 Å². The monoisotopic (exact) mass is 268 g/mol. The molecule has 1 unspecified atom stereocenters. The van der Waals surface area contributed by atoms with Crippen LogP contribution in [-0.4, -0.2) is 54.4 Å². The van der Waals surface area contributed by atoms with Gasteiger partial charge in [0.1, 0.15) is 0 Å². The second kappa shape index (κ2) is 6.94. The minimum atomic E-state index is -5.08. The van der Waals surface area contributed by atoms with Crippen LogP contribution in [0.5, 0.6) is 0 Å². The first-order valence-electron chi connectivity index (χ1n) is 6.15. The Morgan fingerprint density at radius 2 is 1.83 bits per heavy atom. The van der Waals surface area contributed by atoms with Gasteiger partial charge in [-0.1, -0.05) is 0 Å². The van der Waals surface area contributed by atoms with Crippen LogP contribution in [0.1, 0.15) is 25.7 Å². The number of hydrogen-bond acceptors (Lipinski definition) is 3. The van der Waals surface area contributed by atoms with Gasteiger partial charge in [0.15, 0.2) is 0 Å². The molecular formula is C11H19F3N2O2. The van der Waals surface area contributed by atoms with E-state index in [4.69, 9.17) is 9.90 Å². The van der Waals surface area contributed by atoms with Crippen LogP contribution in [-0.2, 0) is 4.79 Å². The minimum absolute atomic E-state index is 0.813. The van der Waals surface area contributed by atoms with Gasteiger partial charge in [0.25, 0.3) is 0 Å². The highest BCUT2D eigenvalue weighted by Crippen LogP contribution is 2.13. The molecule has 2 rings (SSSR count). The van der Waals surface area contributed by atoms with E-state index in [1.807, 2.05) is 0 Å². The lowest BCUT2D eigenvalue weighted by molar-refractivity contribution is -0.192. The second-order valence-electron chi connectivity index (χ2n) is 4.60. The third kappa shape index (κ3) is 5.68. The molecule has 18 heavy (non-hydrogen) atoms. The summed E-state index contributed by atoms with van der Waals surface area (Å²) >= 11 is 0. The highest BCUT2D eigenvalue weighted by molar-refractivity contribution is 5.73. The number of halogens is 3. The fourth-order valence-electron chi connectivity index (χ4n) is 2.19. The third-order valence-corrected chi connectivity index (χ3v) is 3.08. The molecule has 4 nitrogen and oxygen atoms in total. The Kier molecular flexibility index (Phi) is 5.87. The zero-order valence-corrected chi connectivity index (χ0v) is 10.2. The van der Waals surface area contributed by atoms with Crippen LogP contribution < -0.4 is 5.32 Å². The molecule has 0 aliphatic carbocycles. The maximum absolute atomic E-state index is 10.6. The van der Waals surface area contributed by atoms with Crippen molar-refractivity contribution in [3.8, 4) is 0 Å². The van der Waals surface area contributed by atoms with E-state index in [-0.39, 0.29) is 0 Å². The molecule has 2 aliphatic rings. The summed E-state index contributed by atoms with van der Waals surface area (Å²) in [6.45, 7) is 5.24. The van der Waals surface area contributed by atoms with Gasteiger partial charge in [-0.05, 0) is 45.3 Å². The molecular weight excluding hydrogens is 249 g/mol. The van der Waals surface area contributed by atoms with E-state index in [2.05, 4.69) is 10.2 Å². The number of nitrogens with zero attached hydrogens (tertiary/aromatic N) is 1.